The molecule has 0 unspecified atom stereocenters. The van der Waals surface area contributed by atoms with Crippen molar-refractivity contribution in [3.63, 3.8) is 0 Å². The van der Waals surface area contributed by atoms with Crippen LogP contribution in [0.3, 0.4) is 0 Å². The predicted molar refractivity (Wildman–Crippen MR) is 109 cm³/mol. The Morgan fingerprint density at radius 2 is 1.69 bits per heavy atom. The average molecular weight is 392 g/mol. The van der Waals surface area contributed by atoms with E-state index in [1.165, 1.54) is 0 Å². The van der Waals surface area contributed by atoms with Gasteiger partial charge in [0.05, 0.1) is 0 Å². The zero-order chi connectivity index (χ0) is 20.6. The molecule has 7 heteroatoms. The fourth-order valence-electron chi connectivity index (χ4n) is 2.88. The van der Waals surface area contributed by atoms with E-state index < -0.39 is 12.1 Å². The average Bonchev–Trinajstić information content (AvgIpc) is 3.17. The van der Waals surface area contributed by atoms with Crippen molar-refractivity contribution in [1.82, 2.24) is 20.2 Å². The van der Waals surface area contributed by atoms with E-state index in [0.717, 1.165) is 5.56 Å². The number of ether oxygens (including phenoxy) is 1. The van der Waals surface area contributed by atoms with Crippen LogP contribution < -0.4 is 15.4 Å². The molecule has 3 aromatic rings. The molecule has 7 nitrogen and oxygen atoms in total. The molecule has 2 atom stereocenters. The maximum Gasteiger partial charge on any atom is 0.258 e. The van der Waals surface area contributed by atoms with E-state index in [9.17, 15) is 9.59 Å². The Balaban J connectivity index is 1.61. The van der Waals surface area contributed by atoms with E-state index in [4.69, 9.17) is 4.74 Å². The van der Waals surface area contributed by atoms with Gasteiger partial charge in [-0.2, -0.15) is 0 Å². The number of rotatable bonds is 8. The van der Waals surface area contributed by atoms with Gasteiger partial charge in [0.15, 0.2) is 6.61 Å². The minimum absolute atomic E-state index is 0.164. The molecule has 1 heterocycles. The number of amides is 2. The summed E-state index contributed by atoms with van der Waals surface area (Å²) >= 11 is 0. The van der Waals surface area contributed by atoms with Crippen molar-refractivity contribution >= 4 is 11.8 Å². The Morgan fingerprint density at radius 3 is 2.31 bits per heavy atom. The Labute approximate surface area is 169 Å². The topological polar surface area (TPSA) is 85.2 Å². The van der Waals surface area contributed by atoms with Crippen LogP contribution in [0.15, 0.2) is 73.1 Å². The molecular weight excluding hydrogens is 368 g/mol. The first-order valence-corrected chi connectivity index (χ1v) is 9.34. The molecule has 0 spiro atoms. The van der Waals surface area contributed by atoms with Crippen molar-refractivity contribution in [2.24, 2.45) is 7.05 Å². The number of carbonyl (C=O) groups excluding carboxylic acids is 2. The molecule has 0 saturated heterocycles. The monoisotopic (exact) mass is 392 g/mol. The number of carbonyl (C=O) groups is 2. The minimum atomic E-state index is -0.728. The third kappa shape index (κ3) is 5.44. The zero-order valence-electron chi connectivity index (χ0n) is 16.4. The first kappa shape index (κ1) is 20.1. The Bertz CT molecular complexity index is 941. The normalized spacial score (nSPS) is 12.6. The van der Waals surface area contributed by atoms with Crippen molar-refractivity contribution in [2.75, 3.05) is 6.61 Å². The van der Waals surface area contributed by atoms with Gasteiger partial charge >= 0.3 is 0 Å². The van der Waals surface area contributed by atoms with Gasteiger partial charge in [0, 0.05) is 19.4 Å². The van der Waals surface area contributed by atoms with E-state index in [0.29, 0.717) is 11.6 Å². The van der Waals surface area contributed by atoms with Gasteiger partial charge < -0.3 is 19.9 Å². The smallest absolute Gasteiger partial charge is 0.258 e. The second kappa shape index (κ2) is 9.54. The van der Waals surface area contributed by atoms with Crippen LogP contribution in [-0.2, 0) is 16.6 Å². The Hall–Kier alpha value is -3.61. The summed E-state index contributed by atoms with van der Waals surface area (Å²) < 4.78 is 7.27. The molecule has 0 fully saturated rings. The summed E-state index contributed by atoms with van der Waals surface area (Å²) in [6.45, 7) is 1.47. The number of nitrogens with zero attached hydrogens (tertiary/aromatic N) is 2. The summed E-state index contributed by atoms with van der Waals surface area (Å²) in [5, 5.41) is 5.64. The van der Waals surface area contributed by atoms with Gasteiger partial charge in [0.25, 0.3) is 5.91 Å². The second-order valence-corrected chi connectivity index (χ2v) is 6.64. The van der Waals surface area contributed by atoms with Crippen molar-refractivity contribution in [3.05, 3.63) is 84.4 Å². The molecule has 0 radical (unpaired) electrons. The van der Waals surface area contributed by atoms with E-state index in [1.807, 2.05) is 66.3 Å². The molecule has 0 aliphatic carbocycles. The number of benzene rings is 2. The highest BCUT2D eigenvalue weighted by Gasteiger charge is 2.24. The van der Waals surface area contributed by atoms with Crippen LogP contribution in [0.5, 0.6) is 5.75 Å². The van der Waals surface area contributed by atoms with Gasteiger partial charge in [-0.3, -0.25) is 9.59 Å². The van der Waals surface area contributed by atoms with Gasteiger partial charge in [0.1, 0.15) is 23.7 Å². The fraction of sp³-hybridized carbons (Fsp3) is 0.227. The van der Waals surface area contributed by atoms with Crippen LogP contribution in [0.1, 0.15) is 24.4 Å². The summed E-state index contributed by atoms with van der Waals surface area (Å²) in [5.41, 5.74) is 0.904. The molecular formula is C22H24N4O3. The van der Waals surface area contributed by atoms with Gasteiger partial charge in [-0.25, -0.2) is 4.98 Å². The van der Waals surface area contributed by atoms with Crippen LogP contribution in [0.4, 0.5) is 0 Å². The predicted octanol–water partition coefficient (Wildman–Crippen LogP) is 2.21. The van der Waals surface area contributed by atoms with E-state index >= 15 is 0 Å². The lowest BCUT2D eigenvalue weighted by atomic mass is 10.1. The standard InChI is InChI=1S/C22H24N4O3/c1-16(24-19(27)15-29-18-11-7-4-8-12-18)22(28)25-20(17-9-5-3-6-10-17)21-23-13-14-26(21)2/h3-14,16,20H,15H2,1-2H3,(H,24,27)(H,25,28)/t16-,20+/m0/s1. The molecule has 29 heavy (non-hydrogen) atoms. The Kier molecular flexibility index (Phi) is 6.63. The van der Waals surface area contributed by atoms with Crippen LogP contribution in [0, 0.1) is 0 Å². The second-order valence-electron chi connectivity index (χ2n) is 6.64. The third-order valence-corrected chi connectivity index (χ3v) is 4.42. The summed E-state index contributed by atoms with van der Waals surface area (Å²) in [6, 6.07) is 17.5. The van der Waals surface area contributed by atoms with Crippen LogP contribution >= 0.6 is 0 Å². The number of hydrogen-bond donors (Lipinski definition) is 2. The number of para-hydroxylation sites is 1. The van der Waals surface area contributed by atoms with E-state index in [-0.39, 0.29) is 18.4 Å². The lowest BCUT2D eigenvalue weighted by molar-refractivity contribution is -0.129. The summed E-state index contributed by atoms with van der Waals surface area (Å²) in [5.74, 6) is 0.619. The van der Waals surface area contributed by atoms with Crippen molar-refractivity contribution in [3.8, 4) is 5.75 Å². The van der Waals surface area contributed by atoms with Crippen LogP contribution in [-0.4, -0.2) is 34.0 Å². The first-order valence-electron chi connectivity index (χ1n) is 9.34. The molecule has 3 rings (SSSR count). The zero-order valence-corrected chi connectivity index (χ0v) is 16.4. The maximum atomic E-state index is 12.7. The molecule has 0 bridgehead atoms. The Morgan fingerprint density at radius 1 is 1.03 bits per heavy atom. The van der Waals surface area contributed by atoms with Gasteiger partial charge in [0.2, 0.25) is 5.91 Å². The highest BCUT2D eigenvalue weighted by Crippen LogP contribution is 2.20. The number of hydrogen-bond acceptors (Lipinski definition) is 4. The number of imidazole rings is 1. The molecule has 1 aromatic heterocycles. The molecule has 0 aliphatic rings. The quantitative estimate of drug-likeness (QED) is 0.616. The number of aromatic nitrogens is 2. The minimum Gasteiger partial charge on any atom is -0.484 e. The third-order valence-electron chi connectivity index (χ3n) is 4.42. The van der Waals surface area contributed by atoms with Crippen LogP contribution in [0.2, 0.25) is 0 Å². The molecule has 2 aromatic carbocycles. The molecule has 150 valence electrons. The lowest BCUT2D eigenvalue weighted by Gasteiger charge is -2.22. The van der Waals surface area contributed by atoms with Crippen LogP contribution in [0.25, 0.3) is 0 Å². The number of nitrogens with one attached hydrogen (secondary N) is 2. The van der Waals surface area contributed by atoms with Crippen molar-refractivity contribution < 1.29 is 14.3 Å². The lowest BCUT2D eigenvalue weighted by Crippen LogP contribution is -2.47. The fourth-order valence-corrected chi connectivity index (χ4v) is 2.88. The molecule has 2 amide bonds. The summed E-state index contributed by atoms with van der Waals surface area (Å²) in [6.07, 6.45) is 3.51. The summed E-state index contributed by atoms with van der Waals surface area (Å²) in [7, 11) is 1.87. The van der Waals surface area contributed by atoms with Crippen molar-refractivity contribution in [2.45, 2.75) is 19.0 Å². The number of aryl methyl sites for hydroxylation is 1. The van der Waals surface area contributed by atoms with E-state index in [1.54, 1.807) is 25.3 Å². The van der Waals surface area contributed by atoms with Gasteiger partial charge in [-0.1, -0.05) is 48.5 Å². The largest absolute Gasteiger partial charge is 0.484 e. The molecule has 0 saturated carbocycles. The van der Waals surface area contributed by atoms with Gasteiger partial charge in [-0.15, -0.1) is 0 Å². The SMILES string of the molecule is C[C@H](NC(=O)COc1ccccc1)C(=O)N[C@H](c1ccccc1)c1nccn1C. The van der Waals surface area contributed by atoms with E-state index in [2.05, 4.69) is 15.6 Å². The maximum absolute atomic E-state index is 12.7. The highest BCUT2D eigenvalue weighted by atomic mass is 16.5. The first-order chi connectivity index (χ1) is 14.0. The molecule has 2 N–H and O–H groups in total. The summed E-state index contributed by atoms with van der Waals surface area (Å²) in [4.78, 5) is 29.2. The van der Waals surface area contributed by atoms with Gasteiger partial charge in [-0.05, 0) is 24.6 Å². The van der Waals surface area contributed by atoms with Crippen molar-refractivity contribution in [1.29, 1.82) is 0 Å². The highest BCUT2D eigenvalue weighted by molar-refractivity contribution is 5.88. The molecule has 0 aliphatic heterocycles.